The highest BCUT2D eigenvalue weighted by molar-refractivity contribution is 5.92. The quantitative estimate of drug-likeness (QED) is 0.162. The molecular weight excluding hydrogens is 554 g/mol. The Labute approximate surface area is 249 Å². The van der Waals surface area contributed by atoms with Crippen LogP contribution in [0.1, 0.15) is 56.6 Å². The van der Waals surface area contributed by atoms with Gasteiger partial charge in [-0.3, -0.25) is 20.2 Å². The standard InChI is InChI=1S/C32H35N3O8/c1-32(18-16-25(17-19-32)33-30(38)42-21-23-10-13-26(14-11-23)35(40)41)43-31(39)34-28-20-22(6-5-9-29(36)37)12-15-27(28)24-7-3-2-4-8-24/h2-4,7-8,10-15,20,25H,5-6,9,16-19,21H2,1H3,(H,33,38)(H,34,39)(H,36,37). The van der Waals surface area contributed by atoms with Crippen molar-refractivity contribution in [3.8, 4) is 11.1 Å². The molecule has 0 saturated heterocycles. The van der Waals surface area contributed by atoms with Crippen molar-refractivity contribution in [1.29, 1.82) is 0 Å². The van der Waals surface area contributed by atoms with E-state index in [1.165, 1.54) is 12.1 Å². The molecule has 0 spiro atoms. The number of aryl methyl sites for hydroxylation is 1. The first-order valence-corrected chi connectivity index (χ1v) is 14.2. The second-order valence-electron chi connectivity index (χ2n) is 10.9. The Bertz CT molecular complexity index is 1430. The number of aliphatic carboxylic acids is 1. The molecule has 4 rings (SSSR count). The molecule has 2 amide bonds. The smallest absolute Gasteiger partial charge is 0.412 e. The number of anilines is 1. The average Bonchev–Trinajstić information content (AvgIpc) is 2.98. The number of carboxylic acid groups (broad SMARTS) is 1. The summed E-state index contributed by atoms with van der Waals surface area (Å²) < 4.78 is 11.2. The van der Waals surface area contributed by atoms with Gasteiger partial charge in [-0.05, 0) is 80.3 Å². The summed E-state index contributed by atoms with van der Waals surface area (Å²) >= 11 is 0. The maximum Gasteiger partial charge on any atom is 0.412 e. The highest BCUT2D eigenvalue weighted by Gasteiger charge is 2.35. The van der Waals surface area contributed by atoms with Crippen molar-refractivity contribution in [1.82, 2.24) is 5.32 Å². The third-order valence-electron chi connectivity index (χ3n) is 7.48. The number of hydrogen-bond acceptors (Lipinski definition) is 7. The minimum Gasteiger partial charge on any atom is -0.481 e. The molecule has 3 aromatic rings. The van der Waals surface area contributed by atoms with Crippen LogP contribution in [0.15, 0.2) is 72.8 Å². The van der Waals surface area contributed by atoms with Crippen molar-refractivity contribution in [2.75, 3.05) is 5.32 Å². The van der Waals surface area contributed by atoms with Gasteiger partial charge in [-0.2, -0.15) is 0 Å². The van der Waals surface area contributed by atoms with E-state index in [4.69, 9.17) is 14.6 Å². The number of alkyl carbamates (subject to hydrolysis) is 1. The summed E-state index contributed by atoms with van der Waals surface area (Å²) in [5, 5.41) is 25.5. The number of non-ortho nitro benzene ring substituents is 1. The zero-order valence-electron chi connectivity index (χ0n) is 23.9. The molecule has 0 heterocycles. The van der Waals surface area contributed by atoms with Crippen LogP contribution in [-0.2, 0) is 27.3 Å². The van der Waals surface area contributed by atoms with Crippen LogP contribution in [0, 0.1) is 10.1 Å². The second-order valence-corrected chi connectivity index (χ2v) is 10.9. The topological polar surface area (TPSA) is 157 Å². The Kier molecular flexibility index (Phi) is 10.3. The monoisotopic (exact) mass is 589 g/mol. The van der Waals surface area contributed by atoms with Crippen LogP contribution in [0.5, 0.6) is 0 Å². The van der Waals surface area contributed by atoms with Crippen LogP contribution in [0.3, 0.4) is 0 Å². The van der Waals surface area contributed by atoms with E-state index in [2.05, 4.69) is 10.6 Å². The lowest BCUT2D eigenvalue weighted by atomic mass is 9.83. The van der Waals surface area contributed by atoms with Crippen molar-refractivity contribution >= 4 is 29.5 Å². The van der Waals surface area contributed by atoms with Crippen LogP contribution >= 0.6 is 0 Å². The van der Waals surface area contributed by atoms with Crippen LogP contribution < -0.4 is 10.6 Å². The van der Waals surface area contributed by atoms with E-state index in [-0.39, 0.29) is 24.8 Å². The van der Waals surface area contributed by atoms with Crippen LogP contribution in [0.2, 0.25) is 0 Å². The Morgan fingerprint density at radius 2 is 1.65 bits per heavy atom. The average molecular weight is 590 g/mol. The largest absolute Gasteiger partial charge is 0.481 e. The first-order chi connectivity index (χ1) is 20.6. The highest BCUT2D eigenvalue weighted by atomic mass is 16.6. The van der Waals surface area contributed by atoms with Crippen LogP contribution in [-0.4, -0.2) is 39.8 Å². The van der Waals surface area contributed by atoms with Gasteiger partial charge < -0.3 is 19.9 Å². The van der Waals surface area contributed by atoms with Gasteiger partial charge in [0.05, 0.1) is 10.6 Å². The lowest BCUT2D eigenvalue weighted by molar-refractivity contribution is -0.384. The van der Waals surface area contributed by atoms with E-state index >= 15 is 0 Å². The summed E-state index contributed by atoms with van der Waals surface area (Å²) in [7, 11) is 0. The molecule has 3 aromatic carbocycles. The predicted octanol–water partition coefficient (Wildman–Crippen LogP) is 6.85. The van der Waals surface area contributed by atoms with Crippen LogP contribution in [0.25, 0.3) is 11.1 Å². The first-order valence-electron chi connectivity index (χ1n) is 14.2. The van der Waals surface area contributed by atoms with E-state index in [1.54, 1.807) is 12.1 Å². The molecule has 1 aliphatic rings. The van der Waals surface area contributed by atoms with Gasteiger partial charge >= 0.3 is 18.2 Å². The third kappa shape index (κ3) is 9.29. The number of nitrogens with zero attached hydrogens (tertiary/aromatic N) is 1. The second kappa shape index (κ2) is 14.3. The third-order valence-corrected chi connectivity index (χ3v) is 7.48. The molecule has 0 unspecified atom stereocenters. The number of hydrogen-bond donors (Lipinski definition) is 3. The van der Waals surface area contributed by atoms with Crippen molar-refractivity contribution in [3.63, 3.8) is 0 Å². The van der Waals surface area contributed by atoms with Gasteiger partial charge in [0.1, 0.15) is 12.2 Å². The van der Waals surface area contributed by atoms with Crippen molar-refractivity contribution in [2.45, 2.75) is 70.1 Å². The molecule has 1 fully saturated rings. The number of nitro groups is 1. The van der Waals surface area contributed by atoms with Gasteiger partial charge in [0, 0.05) is 30.2 Å². The number of carbonyl (C=O) groups excluding carboxylic acids is 2. The maximum absolute atomic E-state index is 13.1. The molecule has 11 nitrogen and oxygen atoms in total. The summed E-state index contributed by atoms with van der Waals surface area (Å²) in [6.45, 7) is 1.86. The number of carbonyl (C=O) groups is 3. The number of ether oxygens (including phenoxy) is 2. The Hall–Kier alpha value is -4.93. The molecule has 1 aliphatic carbocycles. The minimum atomic E-state index is -0.847. The Morgan fingerprint density at radius 3 is 2.30 bits per heavy atom. The van der Waals surface area contributed by atoms with Gasteiger partial charge in [0.2, 0.25) is 0 Å². The molecule has 0 atom stereocenters. The molecular formula is C32H35N3O8. The Morgan fingerprint density at radius 1 is 0.977 bits per heavy atom. The molecule has 11 heteroatoms. The fourth-order valence-corrected chi connectivity index (χ4v) is 5.07. The summed E-state index contributed by atoms with van der Waals surface area (Å²) in [6.07, 6.45) is 2.20. The zero-order valence-corrected chi connectivity index (χ0v) is 23.9. The van der Waals surface area contributed by atoms with E-state index in [9.17, 15) is 24.5 Å². The van der Waals surface area contributed by atoms with Crippen molar-refractivity contribution in [2.24, 2.45) is 0 Å². The van der Waals surface area contributed by atoms with Gasteiger partial charge in [0.25, 0.3) is 5.69 Å². The SMILES string of the molecule is CC1(OC(=O)Nc2cc(CCCC(=O)O)ccc2-c2ccccc2)CCC(NC(=O)OCc2ccc([N+](=O)[O-])cc2)CC1. The number of nitrogens with one attached hydrogen (secondary N) is 2. The fourth-order valence-electron chi connectivity index (χ4n) is 5.07. The molecule has 0 aliphatic heterocycles. The first kappa shape index (κ1) is 31.0. The molecule has 3 N–H and O–H groups in total. The maximum atomic E-state index is 13.1. The summed E-state index contributed by atoms with van der Waals surface area (Å²) in [5.41, 5.74) is 3.12. The number of carboxylic acids is 1. The molecule has 43 heavy (non-hydrogen) atoms. The molecule has 0 aromatic heterocycles. The molecule has 1 saturated carbocycles. The molecule has 0 radical (unpaired) electrons. The van der Waals surface area contributed by atoms with Gasteiger partial charge in [0.15, 0.2) is 0 Å². The normalized spacial score (nSPS) is 17.8. The fraction of sp³-hybridized carbons (Fsp3) is 0.344. The summed E-state index contributed by atoms with van der Waals surface area (Å²) in [6, 6.07) is 21.0. The highest BCUT2D eigenvalue weighted by Crippen LogP contribution is 2.34. The van der Waals surface area contributed by atoms with Gasteiger partial charge in [-0.25, -0.2) is 9.59 Å². The summed E-state index contributed by atoms with van der Waals surface area (Å²) in [4.78, 5) is 46.6. The lowest BCUT2D eigenvalue weighted by Gasteiger charge is -2.36. The minimum absolute atomic E-state index is 0.0106. The van der Waals surface area contributed by atoms with Crippen molar-refractivity contribution in [3.05, 3.63) is 94.0 Å². The number of benzene rings is 3. The van der Waals surface area contributed by atoms with Gasteiger partial charge in [-0.1, -0.05) is 42.5 Å². The van der Waals surface area contributed by atoms with Crippen molar-refractivity contribution < 1.29 is 33.9 Å². The van der Waals surface area contributed by atoms with E-state index in [1.807, 2.05) is 55.5 Å². The van der Waals surface area contributed by atoms with E-state index in [0.29, 0.717) is 49.8 Å². The van der Waals surface area contributed by atoms with E-state index in [0.717, 1.165) is 16.7 Å². The number of nitro benzene ring substituents is 1. The Balaban J connectivity index is 1.29. The zero-order chi connectivity index (χ0) is 30.8. The van der Waals surface area contributed by atoms with Crippen LogP contribution in [0.4, 0.5) is 21.0 Å². The number of amides is 2. The van der Waals surface area contributed by atoms with E-state index < -0.39 is 28.7 Å². The summed E-state index contributed by atoms with van der Waals surface area (Å²) in [5.74, 6) is -0.847. The lowest BCUT2D eigenvalue weighted by Crippen LogP contribution is -2.44. The number of rotatable bonds is 11. The predicted molar refractivity (Wildman–Crippen MR) is 160 cm³/mol. The molecule has 226 valence electrons. The molecule has 0 bridgehead atoms. The van der Waals surface area contributed by atoms with Gasteiger partial charge in [-0.15, -0.1) is 0 Å².